The van der Waals surface area contributed by atoms with Gasteiger partial charge in [-0.15, -0.1) is 0 Å². The molecule has 0 saturated carbocycles. The number of benzene rings is 2. The van der Waals surface area contributed by atoms with Crippen LogP contribution in [0.15, 0.2) is 88.5 Å². The lowest BCUT2D eigenvalue weighted by molar-refractivity contribution is 0.265. The van der Waals surface area contributed by atoms with Gasteiger partial charge in [0.2, 0.25) is 21.7 Å². The summed E-state index contributed by atoms with van der Waals surface area (Å²) in [6, 6.07) is 20.6. The first-order chi connectivity index (χ1) is 15.6. The summed E-state index contributed by atoms with van der Waals surface area (Å²) in [6.45, 7) is 0.792. The van der Waals surface area contributed by atoms with Crippen molar-refractivity contribution in [1.82, 2.24) is 19.4 Å². The predicted octanol–water partition coefficient (Wildman–Crippen LogP) is 4.37. The van der Waals surface area contributed by atoms with Gasteiger partial charge in [0.1, 0.15) is 0 Å². The van der Waals surface area contributed by atoms with E-state index < -0.39 is 10.0 Å². The zero-order valence-electron chi connectivity index (χ0n) is 17.3. The number of hydrogen-bond donors (Lipinski definition) is 0. The van der Waals surface area contributed by atoms with Crippen LogP contribution < -0.4 is 0 Å². The molecular formula is C24H22N4O3S. The second-order valence-electron chi connectivity index (χ2n) is 7.79. The lowest BCUT2D eigenvalue weighted by Crippen LogP contribution is -2.39. The number of nitrogens with zero attached hydrogens (tertiary/aromatic N) is 4. The normalized spacial score (nSPS) is 17.3. The Morgan fingerprint density at radius 3 is 2.41 bits per heavy atom. The standard InChI is InChI=1S/C24H22N4O3S/c29-32(30,22-12-10-19(11-13-22)18-6-2-1-3-7-18)28-15-5-9-21(17-28)24-26-23(27-31-24)20-8-4-14-25-16-20/h1-4,6-8,10-14,16,21H,5,9,15,17H2. The van der Waals surface area contributed by atoms with Crippen molar-refractivity contribution in [3.8, 4) is 22.5 Å². The van der Waals surface area contributed by atoms with Crippen LogP contribution in [0.3, 0.4) is 0 Å². The van der Waals surface area contributed by atoms with Crippen molar-refractivity contribution in [3.63, 3.8) is 0 Å². The van der Waals surface area contributed by atoms with Gasteiger partial charge in [-0.1, -0.05) is 47.6 Å². The maximum atomic E-state index is 13.3. The molecule has 2 aromatic carbocycles. The van der Waals surface area contributed by atoms with E-state index in [1.165, 1.54) is 4.31 Å². The van der Waals surface area contributed by atoms with E-state index in [0.29, 0.717) is 29.7 Å². The highest BCUT2D eigenvalue weighted by Gasteiger charge is 2.33. The van der Waals surface area contributed by atoms with Crippen molar-refractivity contribution in [2.24, 2.45) is 0 Å². The quantitative estimate of drug-likeness (QED) is 0.452. The number of pyridine rings is 1. The molecule has 1 atom stereocenters. The molecule has 1 saturated heterocycles. The predicted molar refractivity (Wildman–Crippen MR) is 120 cm³/mol. The van der Waals surface area contributed by atoms with Gasteiger partial charge < -0.3 is 4.52 Å². The van der Waals surface area contributed by atoms with E-state index in [2.05, 4.69) is 15.1 Å². The summed E-state index contributed by atoms with van der Waals surface area (Å²) in [4.78, 5) is 8.87. The van der Waals surface area contributed by atoms with Crippen LogP contribution in [0.1, 0.15) is 24.7 Å². The molecular weight excluding hydrogens is 424 g/mol. The van der Waals surface area contributed by atoms with Gasteiger partial charge in [0.25, 0.3) is 0 Å². The highest BCUT2D eigenvalue weighted by molar-refractivity contribution is 7.89. The third-order valence-corrected chi connectivity index (χ3v) is 7.57. The van der Waals surface area contributed by atoms with E-state index in [0.717, 1.165) is 29.5 Å². The fourth-order valence-electron chi connectivity index (χ4n) is 3.97. The number of sulfonamides is 1. The Morgan fingerprint density at radius 2 is 1.66 bits per heavy atom. The Bertz CT molecular complexity index is 1290. The molecule has 1 aliphatic rings. The van der Waals surface area contributed by atoms with Crippen molar-refractivity contribution < 1.29 is 12.9 Å². The molecule has 0 radical (unpaired) electrons. The Labute approximate surface area is 186 Å². The minimum absolute atomic E-state index is 0.139. The molecule has 3 heterocycles. The highest BCUT2D eigenvalue weighted by atomic mass is 32.2. The van der Waals surface area contributed by atoms with E-state index in [1.807, 2.05) is 54.6 Å². The van der Waals surface area contributed by atoms with Crippen LogP contribution in [0.4, 0.5) is 0 Å². The fourth-order valence-corrected chi connectivity index (χ4v) is 5.50. The van der Waals surface area contributed by atoms with Crippen LogP contribution in [0.2, 0.25) is 0 Å². The van der Waals surface area contributed by atoms with Crippen LogP contribution in [-0.4, -0.2) is 40.9 Å². The van der Waals surface area contributed by atoms with Crippen molar-refractivity contribution >= 4 is 10.0 Å². The molecule has 4 aromatic rings. The Kier molecular flexibility index (Phi) is 5.55. The van der Waals surface area contributed by atoms with Crippen LogP contribution in [0.5, 0.6) is 0 Å². The summed E-state index contributed by atoms with van der Waals surface area (Å²) in [6.07, 6.45) is 4.89. The maximum absolute atomic E-state index is 13.3. The third kappa shape index (κ3) is 4.06. The van der Waals surface area contributed by atoms with Gasteiger partial charge >= 0.3 is 0 Å². The topological polar surface area (TPSA) is 89.2 Å². The monoisotopic (exact) mass is 446 g/mol. The molecule has 2 aromatic heterocycles. The number of piperidine rings is 1. The molecule has 0 spiro atoms. The summed E-state index contributed by atoms with van der Waals surface area (Å²) in [5, 5.41) is 4.05. The molecule has 0 bridgehead atoms. The Morgan fingerprint density at radius 1 is 0.906 bits per heavy atom. The molecule has 1 unspecified atom stereocenters. The van der Waals surface area contributed by atoms with Crippen molar-refractivity contribution in [2.75, 3.05) is 13.1 Å². The number of aromatic nitrogens is 3. The van der Waals surface area contributed by atoms with Gasteiger partial charge in [-0.2, -0.15) is 9.29 Å². The summed E-state index contributed by atoms with van der Waals surface area (Å²) in [7, 11) is -3.61. The first-order valence-electron chi connectivity index (χ1n) is 10.5. The van der Waals surface area contributed by atoms with E-state index in [4.69, 9.17) is 4.52 Å². The number of hydrogen-bond acceptors (Lipinski definition) is 6. The van der Waals surface area contributed by atoms with Gasteiger partial charge in [0, 0.05) is 31.0 Å². The fraction of sp³-hybridized carbons (Fsp3) is 0.208. The summed E-state index contributed by atoms with van der Waals surface area (Å²) >= 11 is 0. The summed E-state index contributed by atoms with van der Waals surface area (Å²) in [5.74, 6) is 0.785. The average molecular weight is 447 g/mol. The van der Waals surface area contributed by atoms with Crippen molar-refractivity contribution in [1.29, 1.82) is 0 Å². The van der Waals surface area contributed by atoms with Gasteiger partial charge in [0.15, 0.2) is 0 Å². The van der Waals surface area contributed by atoms with Crippen LogP contribution in [0, 0.1) is 0 Å². The van der Waals surface area contributed by atoms with Gasteiger partial charge in [-0.3, -0.25) is 4.98 Å². The SMILES string of the molecule is O=S(=O)(c1ccc(-c2ccccc2)cc1)N1CCCC(c2nc(-c3cccnc3)no2)C1. The third-order valence-electron chi connectivity index (χ3n) is 5.69. The van der Waals surface area contributed by atoms with Crippen LogP contribution >= 0.6 is 0 Å². The lowest BCUT2D eigenvalue weighted by atomic mass is 10.00. The van der Waals surface area contributed by atoms with E-state index in [9.17, 15) is 8.42 Å². The molecule has 32 heavy (non-hydrogen) atoms. The summed E-state index contributed by atoms with van der Waals surface area (Å²) in [5.41, 5.74) is 2.80. The number of rotatable bonds is 5. The minimum Gasteiger partial charge on any atom is -0.339 e. The van der Waals surface area contributed by atoms with Gasteiger partial charge in [-0.25, -0.2) is 8.42 Å². The van der Waals surface area contributed by atoms with Crippen LogP contribution in [0.25, 0.3) is 22.5 Å². The first-order valence-corrected chi connectivity index (χ1v) is 11.9. The summed E-state index contributed by atoms with van der Waals surface area (Å²) < 4.78 is 33.6. The lowest BCUT2D eigenvalue weighted by Gasteiger charge is -2.30. The van der Waals surface area contributed by atoms with E-state index >= 15 is 0 Å². The average Bonchev–Trinajstić information content (AvgIpc) is 3.36. The molecule has 0 amide bonds. The smallest absolute Gasteiger partial charge is 0.243 e. The van der Waals surface area contributed by atoms with Crippen molar-refractivity contribution in [2.45, 2.75) is 23.7 Å². The van der Waals surface area contributed by atoms with Gasteiger partial charge in [-0.05, 0) is 48.2 Å². The maximum Gasteiger partial charge on any atom is 0.243 e. The molecule has 1 fully saturated rings. The molecule has 7 nitrogen and oxygen atoms in total. The van der Waals surface area contributed by atoms with Gasteiger partial charge in [0.05, 0.1) is 10.8 Å². The molecule has 5 rings (SSSR count). The van der Waals surface area contributed by atoms with Crippen LogP contribution in [-0.2, 0) is 10.0 Å². The Balaban J connectivity index is 1.34. The second-order valence-corrected chi connectivity index (χ2v) is 9.73. The zero-order valence-corrected chi connectivity index (χ0v) is 18.1. The molecule has 8 heteroatoms. The zero-order chi connectivity index (χ0) is 22.0. The van der Waals surface area contributed by atoms with E-state index in [-0.39, 0.29) is 5.92 Å². The van der Waals surface area contributed by atoms with Crippen molar-refractivity contribution in [3.05, 3.63) is 85.0 Å². The largest absolute Gasteiger partial charge is 0.339 e. The first kappa shape index (κ1) is 20.5. The minimum atomic E-state index is -3.61. The molecule has 0 N–H and O–H groups in total. The highest BCUT2D eigenvalue weighted by Crippen LogP contribution is 2.31. The van der Waals surface area contributed by atoms with E-state index in [1.54, 1.807) is 24.5 Å². The molecule has 1 aliphatic heterocycles. The molecule has 0 aliphatic carbocycles. The second kappa shape index (κ2) is 8.64. The Hall–Kier alpha value is -3.36. The molecule has 162 valence electrons.